The number of aryl methyl sites for hydroxylation is 2. The number of piperidine rings is 1. The summed E-state index contributed by atoms with van der Waals surface area (Å²) in [7, 11) is 0. The van der Waals surface area contributed by atoms with Crippen molar-refractivity contribution in [3.8, 4) is 0 Å². The summed E-state index contributed by atoms with van der Waals surface area (Å²) in [5, 5.41) is 0. The van der Waals surface area contributed by atoms with Crippen molar-refractivity contribution < 1.29 is 23.2 Å². The second kappa shape index (κ2) is 8.95. The Kier molecular flexibility index (Phi) is 6.57. The number of nitrogens with zero attached hydrogens (tertiary/aromatic N) is 1. The minimum Gasteiger partial charge on any atom is -0.343 e. The molecule has 1 aliphatic rings. The molecule has 0 bridgehead atoms. The zero-order valence-electron chi connectivity index (χ0n) is 16.5. The number of rotatable bonds is 6. The van der Waals surface area contributed by atoms with E-state index in [-0.39, 0.29) is 30.1 Å². The number of thiophene rings is 1. The molecule has 0 spiro atoms. The molecule has 0 aliphatic carbocycles. The molecular weight excluding hydrogens is 396 g/mol. The van der Waals surface area contributed by atoms with E-state index in [1.54, 1.807) is 16.2 Å². The summed E-state index contributed by atoms with van der Waals surface area (Å²) in [6.45, 7) is 4.59. The largest absolute Gasteiger partial charge is 0.343 e. The van der Waals surface area contributed by atoms with E-state index in [0.717, 1.165) is 28.0 Å². The number of hydrogen-bond acceptors (Lipinski definition) is 4. The lowest BCUT2D eigenvalue weighted by atomic mass is 9.88. The lowest BCUT2D eigenvalue weighted by molar-refractivity contribution is -0.132. The van der Waals surface area contributed by atoms with Crippen molar-refractivity contribution in [1.29, 1.82) is 0 Å². The SMILES string of the molecule is Cc1cc(C(=O)CCC(=O)N2CCC(C(=O)c3cc(F)ccc3F)CC2)c(C)s1. The predicted octanol–water partition coefficient (Wildman–Crippen LogP) is 4.73. The summed E-state index contributed by atoms with van der Waals surface area (Å²) in [6.07, 6.45) is 1.09. The van der Waals surface area contributed by atoms with Crippen LogP contribution in [0, 0.1) is 31.4 Å². The first-order chi connectivity index (χ1) is 13.8. The maximum Gasteiger partial charge on any atom is 0.223 e. The van der Waals surface area contributed by atoms with Crippen LogP contribution >= 0.6 is 11.3 Å². The van der Waals surface area contributed by atoms with Crippen molar-refractivity contribution in [3.05, 3.63) is 56.8 Å². The van der Waals surface area contributed by atoms with Gasteiger partial charge in [-0.2, -0.15) is 0 Å². The number of halogens is 2. The summed E-state index contributed by atoms with van der Waals surface area (Å²) in [6, 6.07) is 4.72. The Morgan fingerprint density at radius 3 is 2.34 bits per heavy atom. The average Bonchev–Trinajstić information content (AvgIpc) is 3.05. The third-order valence-corrected chi connectivity index (χ3v) is 6.29. The fourth-order valence-electron chi connectivity index (χ4n) is 3.72. The molecule has 2 aromatic rings. The number of ketones is 2. The molecule has 2 heterocycles. The number of carbonyl (C=O) groups is 3. The van der Waals surface area contributed by atoms with Gasteiger partial charge >= 0.3 is 0 Å². The number of likely N-dealkylation sites (tertiary alicyclic amines) is 1. The number of carbonyl (C=O) groups excluding carboxylic acids is 3. The molecular formula is C22H23F2NO3S. The van der Waals surface area contributed by atoms with Gasteiger partial charge in [-0.3, -0.25) is 14.4 Å². The molecule has 29 heavy (non-hydrogen) atoms. The zero-order chi connectivity index (χ0) is 21.1. The Morgan fingerprint density at radius 2 is 1.72 bits per heavy atom. The Bertz CT molecular complexity index is 946. The van der Waals surface area contributed by atoms with Crippen LogP contribution in [0.15, 0.2) is 24.3 Å². The summed E-state index contributed by atoms with van der Waals surface area (Å²) < 4.78 is 27.2. The lowest BCUT2D eigenvalue weighted by Gasteiger charge is -2.31. The average molecular weight is 419 g/mol. The van der Waals surface area contributed by atoms with E-state index in [9.17, 15) is 23.2 Å². The van der Waals surface area contributed by atoms with E-state index in [1.165, 1.54) is 0 Å². The zero-order valence-corrected chi connectivity index (χ0v) is 17.3. The van der Waals surface area contributed by atoms with Crippen molar-refractivity contribution in [2.45, 2.75) is 39.5 Å². The van der Waals surface area contributed by atoms with Gasteiger partial charge in [-0.1, -0.05) is 0 Å². The van der Waals surface area contributed by atoms with Gasteiger partial charge in [-0.15, -0.1) is 11.3 Å². The third kappa shape index (κ3) is 4.96. The van der Waals surface area contributed by atoms with Gasteiger partial charge in [0, 0.05) is 47.2 Å². The molecule has 0 saturated carbocycles. The second-order valence-electron chi connectivity index (χ2n) is 7.39. The maximum absolute atomic E-state index is 13.8. The monoisotopic (exact) mass is 419 g/mol. The highest BCUT2D eigenvalue weighted by atomic mass is 32.1. The van der Waals surface area contributed by atoms with Gasteiger partial charge in [0.15, 0.2) is 11.6 Å². The minimum atomic E-state index is -0.729. The van der Waals surface area contributed by atoms with Crippen molar-refractivity contribution in [3.63, 3.8) is 0 Å². The number of amides is 1. The van der Waals surface area contributed by atoms with E-state index in [4.69, 9.17) is 0 Å². The molecule has 7 heteroatoms. The normalized spacial score (nSPS) is 14.8. The lowest BCUT2D eigenvalue weighted by Crippen LogP contribution is -2.40. The van der Waals surface area contributed by atoms with Crippen molar-refractivity contribution in [2.75, 3.05) is 13.1 Å². The first-order valence-corrected chi connectivity index (χ1v) is 10.4. The molecule has 0 atom stereocenters. The molecule has 1 aromatic carbocycles. The van der Waals surface area contributed by atoms with Gasteiger partial charge in [0.25, 0.3) is 0 Å². The smallest absolute Gasteiger partial charge is 0.223 e. The highest BCUT2D eigenvalue weighted by molar-refractivity contribution is 7.12. The number of hydrogen-bond donors (Lipinski definition) is 0. The molecule has 1 aliphatic heterocycles. The third-order valence-electron chi connectivity index (χ3n) is 5.32. The predicted molar refractivity (Wildman–Crippen MR) is 107 cm³/mol. The standard InChI is InChI=1S/C22H23F2NO3S/c1-13-11-17(14(2)29-13)20(26)5-6-21(27)25-9-7-15(8-10-25)22(28)18-12-16(23)3-4-19(18)24/h3-4,11-12,15H,5-10H2,1-2H3. The maximum atomic E-state index is 13.8. The Hall–Kier alpha value is -2.41. The Balaban J connectivity index is 1.51. The van der Waals surface area contributed by atoms with E-state index in [2.05, 4.69) is 0 Å². The topological polar surface area (TPSA) is 54.5 Å². The quantitative estimate of drug-likeness (QED) is 0.636. The molecule has 1 aromatic heterocycles. The fourth-order valence-corrected chi connectivity index (χ4v) is 4.66. The van der Waals surface area contributed by atoms with Gasteiger partial charge in [0.1, 0.15) is 11.6 Å². The molecule has 3 rings (SSSR count). The first kappa shape index (κ1) is 21.3. The number of benzene rings is 1. The Morgan fingerprint density at radius 1 is 1.03 bits per heavy atom. The second-order valence-corrected chi connectivity index (χ2v) is 8.85. The van der Waals surface area contributed by atoms with Crippen LogP contribution < -0.4 is 0 Å². The number of Topliss-reactive ketones (excluding diaryl/α,β-unsaturated/α-hetero) is 2. The summed E-state index contributed by atoms with van der Waals surface area (Å²) in [5.41, 5.74) is 0.448. The van der Waals surface area contributed by atoms with Gasteiger partial charge in [-0.25, -0.2) is 8.78 Å². The Labute approximate surface area is 172 Å². The molecule has 0 radical (unpaired) electrons. The fraction of sp³-hybridized carbons (Fsp3) is 0.409. The van der Waals surface area contributed by atoms with Crippen molar-refractivity contribution in [1.82, 2.24) is 4.90 Å². The minimum absolute atomic E-state index is 0.0353. The molecule has 4 nitrogen and oxygen atoms in total. The summed E-state index contributed by atoms with van der Waals surface area (Å²) in [5.74, 6) is -2.39. The highest BCUT2D eigenvalue weighted by Gasteiger charge is 2.29. The van der Waals surface area contributed by atoms with Crippen LogP contribution in [-0.2, 0) is 4.79 Å². The van der Waals surface area contributed by atoms with Crippen molar-refractivity contribution >= 4 is 28.8 Å². The molecule has 0 unspecified atom stereocenters. The first-order valence-electron chi connectivity index (χ1n) is 9.63. The van der Waals surface area contributed by atoms with Crippen LogP contribution in [0.25, 0.3) is 0 Å². The van der Waals surface area contributed by atoms with Crippen LogP contribution in [-0.4, -0.2) is 35.5 Å². The molecule has 154 valence electrons. The van der Waals surface area contributed by atoms with Gasteiger partial charge in [0.2, 0.25) is 5.91 Å². The van der Waals surface area contributed by atoms with Crippen LogP contribution in [0.1, 0.15) is 56.2 Å². The highest BCUT2D eigenvalue weighted by Crippen LogP contribution is 2.25. The van der Waals surface area contributed by atoms with E-state index < -0.39 is 23.3 Å². The summed E-state index contributed by atoms with van der Waals surface area (Å²) >= 11 is 1.56. The van der Waals surface area contributed by atoms with Gasteiger partial charge in [0.05, 0.1) is 5.56 Å². The van der Waals surface area contributed by atoms with Crippen LogP contribution in [0.4, 0.5) is 8.78 Å². The molecule has 1 saturated heterocycles. The molecule has 1 fully saturated rings. The van der Waals surface area contributed by atoms with Crippen molar-refractivity contribution in [2.24, 2.45) is 5.92 Å². The van der Waals surface area contributed by atoms with E-state index >= 15 is 0 Å². The molecule has 1 amide bonds. The molecule has 0 N–H and O–H groups in total. The van der Waals surface area contributed by atoms with Gasteiger partial charge < -0.3 is 4.90 Å². The van der Waals surface area contributed by atoms with E-state index in [1.807, 2.05) is 19.9 Å². The summed E-state index contributed by atoms with van der Waals surface area (Å²) in [4.78, 5) is 41.0. The van der Waals surface area contributed by atoms with Crippen LogP contribution in [0.5, 0.6) is 0 Å². The van der Waals surface area contributed by atoms with Gasteiger partial charge in [-0.05, 0) is 51.0 Å². The van der Waals surface area contributed by atoms with Crippen LogP contribution in [0.2, 0.25) is 0 Å². The van der Waals surface area contributed by atoms with E-state index in [0.29, 0.717) is 31.5 Å². The van der Waals surface area contributed by atoms with Crippen LogP contribution in [0.3, 0.4) is 0 Å².